The first-order valence-corrected chi connectivity index (χ1v) is 19.4. The van der Waals surface area contributed by atoms with Gasteiger partial charge in [0.1, 0.15) is 23.7 Å². The molecule has 1 aromatic carbocycles. The number of carbonyl (C=O) groups excluding carboxylic acids is 1. The Kier molecular flexibility index (Phi) is 9.84. The van der Waals surface area contributed by atoms with Crippen molar-refractivity contribution < 1.29 is 28.9 Å². The van der Waals surface area contributed by atoms with Gasteiger partial charge in [0.2, 0.25) is 0 Å². The molecule has 0 saturated heterocycles. The van der Waals surface area contributed by atoms with Gasteiger partial charge in [0.25, 0.3) is 5.91 Å². The molecule has 0 radical (unpaired) electrons. The molecule has 2 aliphatic rings. The minimum Gasteiger partial charge on any atom is -0.497 e. The highest BCUT2D eigenvalue weighted by Crippen LogP contribution is 2.40. The Bertz CT molecular complexity index is 1490. The lowest BCUT2D eigenvalue weighted by Gasteiger charge is -2.28. The molecule has 10 nitrogen and oxygen atoms in total. The first kappa shape index (κ1) is 31.8. The average molecular weight is 623 g/mol. The smallest absolute Gasteiger partial charge is 0.404 e. The molecule has 3 N–H and O–H groups in total. The molecule has 238 valence electrons. The normalized spacial score (nSPS) is 18.7. The molecule has 2 heterocycles. The van der Waals surface area contributed by atoms with Gasteiger partial charge in [0.05, 0.1) is 24.8 Å². The Morgan fingerprint density at radius 2 is 1.73 bits per heavy atom. The number of nitrogens with zero attached hydrogens (tertiary/aromatic N) is 2. The van der Waals surface area contributed by atoms with E-state index < -0.39 is 14.2 Å². The van der Waals surface area contributed by atoms with Gasteiger partial charge in [0.15, 0.2) is 0 Å². The van der Waals surface area contributed by atoms with Crippen LogP contribution in [0.3, 0.4) is 0 Å². The SMILES string of the molecule is COc1ccc(OCC2CC2)c(-c2ccnc3c(C(=O)NC4CCC(NC(=O)O)CC4)c(C)n(COCC[Si](C)(C)C)c23)c1. The van der Waals surface area contributed by atoms with Gasteiger partial charge in [-0.3, -0.25) is 9.78 Å². The molecule has 2 aliphatic carbocycles. The summed E-state index contributed by atoms with van der Waals surface area (Å²) in [6.45, 7) is 10.6. The summed E-state index contributed by atoms with van der Waals surface area (Å²) in [5.41, 5.74) is 4.54. The first-order chi connectivity index (χ1) is 21.0. The van der Waals surface area contributed by atoms with E-state index in [0.29, 0.717) is 62.6 Å². The van der Waals surface area contributed by atoms with Crippen molar-refractivity contribution in [1.29, 1.82) is 0 Å². The van der Waals surface area contributed by atoms with Gasteiger partial charge in [-0.25, -0.2) is 4.79 Å². The summed E-state index contributed by atoms with van der Waals surface area (Å²) in [6.07, 6.45) is 5.91. The van der Waals surface area contributed by atoms with Crippen molar-refractivity contribution in [2.24, 2.45) is 5.92 Å². The number of pyridine rings is 1. The Balaban J connectivity index is 1.51. The molecule has 2 fully saturated rings. The maximum Gasteiger partial charge on any atom is 0.404 e. The van der Waals surface area contributed by atoms with Crippen molar-refractivity contribution in [1.82, 2.24) is 20.2 Å². The Labute approximate surface area is 260 Å². The molecule has 5 rings (SSSR count). The molecule has 0 atom stereocenters. The molecule has 0 bridgehead atoms. The first-order valence-electron chi connectivity index (χ1n) is 15.7. The number of fused-ring (bicyclic) bond motifs is 1. The van der Waals surface area contributed by atoms with Crippen LogP contribution in [0, 0.1) is 12.8 Å². The van der Waals surface area contributed by atoms with E-state index in [1.54, 1.807) is 13.3 Å². The van der Waals surface area contributed by atoms with Crippen molar-refractivity contribution in [2.75, 3.05) is 20.3 Å². The van der Waals surface area contributed by atoms with Gasteiger partial charge >= 0.3 is 6.09 Å². The molecule has 0 unspecified atom stereocenters. The lowest BCUT2D eigenvalue weighted by Crippen LogP contribution is -2.43. The number of aromatic nitrogens is 2. The Hall–Kier alpha value is -3.57. The van der Waals surface area contributed by atoms with Crippen LogP contribution in [0.15, 0.2) is 30.5 Å². The number of ether oxygens (including phenoxy) is 3. The van der Waals surface area contributed by atoms with Crippen LogP contribution in [0.1, 0.15) is 54.6 Å². The maximum atomic E-state index is 13.9. The van der Waals surface area contributed by atoms with Crippen molar-refractivity contribution in [2.45, 2.75) is 89.9 Å². The summed E-state index contributed by atoms with van der Waals surface area (Å²) < 4.78 is 20.2. The third kappa shape index (κ3) is 7.73. The van der Waals surface area contributed by atoms with Gasteiger partial charge in [-0.15, -0.1) is 0 Å². The number of methoxy groups -OCH3 is 1. The van der Waals surface area contributed by atoms with Gasteiger partial charge in [0, 0.05) is 49.8 Å². The maximum absolute atomic E-state index is 13.9. The number of carboxylic acid groups (broad SMARTS) is 1. The van der Waals surface area contributed by atoms with Crippen LogP contribution in [0.25, 0.3) is 22.2 Å². The van der Waals surface area contributed by atoms with E-state index in [-0.39, 0.29) is 18.0 Å². The standard InChI is InChI=1S/C33H46N4O6Si/c1-21-29(32(38)35-23-8-10-24(11-9-23)36-33(39)40)30-31(37(21)20-42-16-17-44(3,4)5)26(14-15-34-30)27-18-25(41-2)12-13-28(27)43-19-22-6-7-22/h12-15,18,22-24,36H,6-11,16-17,19-20H2,1-5H3,(H,35,38)(H,39,40). The molecule has 0 spiro atoms. The molecule has 2 amide bonds. The summed E-state index contributed by atoms with van der Waals surface area (Å²) in [7, 11) is 0.364. The zero-order valence-electron chi connectivity index (χ0n) is 26.6. The summed E-state index contributed by atoms with van der Waals surface area (Å²) >= 11 is 0. The molecule has 0 aliphatic heterocycles. The Morgan fingerprint density at radius 3 is 2.36 bits per heavy atom. The largest absolute Gasteiger partial charge is 0.497 e. The topological polar surface area (TPSA) is 124 Å². The predicted molar refractivity (Wildman–Crippen MR) is 173 cm³/mol. The van der Waals surface area contributed by atoms with Crippen LogP contribution >= 0.6 is 0 Å². The number of hydrogen-bond acceptors (Lipinski definition) is 6. The summed E-state index contributed by atoms with van der Waals surface area (Å²) in [4.78, 5) is 29.7. The van der Waals surface area contributed by atoms with E-state index in [1.165, 1.54) is 12.8 Å². The molecule has 11 heteroatoms. The van der Waals surface area contributed by atoms with E-state index in [9.17, 15) is 9.59 Å². The molecular formula is C33H46N4O6Si. The Morgan fingerprint density at radius 1 is 1.02 bits per heavy atom. The van der Waals surface area contributed by atoms with Gasteiger partial charge in [-0.05, 0) is 81.7 Å². The van der Waals surface area contributed by atoms with Crippen molar-refractivity contribution >= 4 is 31.1 Å². The van der Waals surface area contributed by atoms with Crippen molar-refractivity contribution in [3.05, 3.63) is 41.7 Å². The van der Waals surface area contributed by atoms with Crippen LogP contribution in [0.4, 0.5) is 4.79 Å². The highest BCUT2D eigenvalue weighted by Gasteiger charge is 2.29. The van der Waals surface area contributed by atoms with E-state index in [1.807, 2.05) is 31.2 Å². The molecule has 44 heavy (non-hydrogen) atoms. The predicted octanol–water partition coefficient (Wildman–Crippen LogP) is 6.43. The summed E-state index contributed by atoms with van der Waals surface area (Å²) in [5.74, 6) is 1.91. The second-order valence-corrected chi connectivity index (χ2v) is 19.0. The van der Waals surface area contributed by atoms with Crippen LogP contribution < -0.4 is 20.1 Å². The highest BCUT2D eigenvalue weighted by molar-refractivity contribution is 6.76. The van der Waals surface area contributed by atoms with E-state index >= 15 is 0 Å². The van der Waals surface area contributed by atoms with Crippen LogP contribution in [-0.4, -0.2) is 67.1 Å². The zero-order chi connectivity index (χ0) is 31.4. The fourth-order valence-electron chi connectivity index (χ4n) is 5.85. The molecular weight excluding hydrogens is 576 g/mol. The van der Waals surface area contributed by atoms with E-state index in [4.69, 9.17) is 24.3 Å². The van der Waals surface area contributed by atoms with Crippen LogP contribution in [0.2, 0.25) is 25.7 Å². The van der Waals surface area contributed by atoms with Crippen molar-refractivity contribution in [3.8, 4) is 22.6 Å². The number of amides is 2. The van der Waals surface area contributed by atoms with Gasteiger partial charge in [-0.1, -0.05) is 19.6 Å². The third-order valence-electron chi connectivity index (χ3n) is 8.68. The monoisotopic (exact) mass is 622 g/mol. The number of benzene rings is 1. The number of carbonyl (C=O) groups is 2. The molecule has 3 aromatic rings. The average Bonchev–Trinajstić information content (AvgIpc) is 3.76. The van der Waals surface area contributed by atoms with Crippen LogP contribution in [-0.2, 0) is 11.5 Å². The number of rotatable bonds is 13. The van der Waals surface area contributed by atoms with E-state index in [0.717, 1.165) is 39.9 Å². The molecule has 2 aromatic heterocycles. The fourth-order valence-corrected chi connectivity index (χ4v) is 6.60. The van der Waals surface area contributed by atoms with Gasteiger partial charge < -0.3 is 34.5 Å². The summed E-state index contributed by atoms with van der Waals surface area (Å²) in [5, 5.41) is 14.9. The highest BCUT2D eigenvalue weighted by atomic mass is 28.3. The second-order valence-electron chi connectivity index (χ2n) is 13.4. The third-order valence-corrected chi connectivity index (χ3v) is 10.4. The number of hydrogen-bond donors (Lipinski definition) is 3. The quantitative estimate of drug-likeness (QED) is 0.148. The minimum atomic E-state index is -1.29. The van der Waals surface area contributed by atoms with Crippen molar-refractivity contribution in [3.63, 3.8) is 0 Å². The number of nitrogens with one attached hydrogen (secondary N) is 2. The van der Waals surface area contributed by atoms with Gasteiger partial charge in [-0.2, -0.15) is 0 Å². The van der Waals surface area contributed by atoms with Crippen LogP contribution in [0.5, 0.6) is 11.5 Å². The minimum absolute atomic E-state index is 0.0378. The zero-order valence-corrected chi connectivity index (χ0v) is 27.6. The second kappa shape index (κ2) is 13.6. The summed E-state index contributed by atoms with van der Waals surface area (Å²) in [6, 6.07) is 8.74. The van der Waals surface area contributed by atoms with E-state index in [2.05, 4.69) is 34.8 Å². The lowest BCUT2D eigenvalue weighted by molar-refractivity contribution is 0.0878. The molecule has 2 saturated carbocycles. The lowest BCUT2D eigenvalue weighted by atomic mass is 9.91. The fraction of sp³-hybridized carbons (Fsp3) is 0.545.